The van der Waals surface area contributed by atoms with Gasteiger partial charge in [-0.3, -0.25) is 0 Å². The molecule has 10 nitrogen and oxygen atoms in total. The van der Waals surface area contributed by atoms with E-state index in [-0.39, 0.29) is 6.61 Å². The Morgan fingerprint density at radius 1 is 0.806 bits per heavy atom. The molecule has 2 heterocycles. The van der Waals surface area contributed by atoms with Gasteiger partial charge in [-0.25, -0.2) is 0 Å². The zero-order chi connectivity index (χ0) is 23.1. The lowest BCUT2D eigenvalue weighted by molar-refractivity contribution is -0.332. The Bertz CT molecular complexity index is 532. The minimum atomic E-state index is -1.54. The summed E-state index contributed by atoms with van der Waals surface area (Å²) < 4.78 is 22.4. The molecular formula is C21H38O10. The highest BCUT2D eigenvalue weighted by molar-refractivity contribution is 4.92. The minimum absolute atomic E-state index is 0.319. The molecule has 0 saturated carbocycles. The van der Waals surface area contributed by atoms with Crippen molar-refractivity contribution in [3.05, 3.63) is 12.7 Å². The van der Waals surface area contributed by atoms with Gasteiger partial charge in [-0.15, -0.1) is 6.58 Å². The maximum Gasteiger partial charge on any atom is 0.187 e. The van der Waals surface area contributed by atoms with Crippen LogP contribution < -0.4 is 0 Å². The van der Waals surface area contributed by atoms with Gasteiger partial charge in [0, 0.05) is 0 Å². The highest BCUT2D eigenvalue weighted by Crippen LogP contribution is 2.27. The number of ether oxygens (including phenoxy) is 4. The van der Waals surface area contributed by atoms with Crippen LogP contribution in [0, 0.1) is 0 Å². The van der Waals surface area contributed by atoms with E-state index >= 15 is 0 Å². The van der Waals surface area contributed by atoms with Crippen LogP contribution in [0.4, 0.5) is 0 Å². The van der Waals surface area contributed by atoms with Gasteiger partial charge in [0.25, 0.3) is 0 Å². The van der Waals surface area contributed by atoms with Crippen molar-refractivity contribution in [3.8, 4) is 0 Å². The number of rotatable bonds is 11. The van der Waals surface area contributed by atoms with Gasteiger partial charge < -0.3 is 49.6 Å². The molecular weight excluding hydrogens is 412 g/mol. The molecule has 0 bridgehead atoms. The molecule has 0 aliphatic carbocycles. The van der Waals surface area contributed by atoms with E-state index in [1.807, 2.05) is 0 Å². The fourth-order valence-electron chi connectivity index (χ4n) is 3.76. The van der Waals surface area contributed by atoms with Crippen LogP contribution in [0.1, 0.15) is 46.0 Å². The maximum absolute atomic E-state index is 10.3. The van der Waals surface area contributed by atoms with Crippen molar-refractivity contribution < 1.29 is 49.6 Å². The molecule has 2 aliphatic heterocycles. The Morgan fingerprint density at radius 2 is 1.39 bits per heavy atom. The van der Waals surface area contributed by atoms with E-state index in [0.717, 1.165) is 19.3 Å². The SMILES string of the molecule is C=CC(CCCCC)O[C@@H]1O[C@H](CO[C@@H]2O[C@H](CC)[C@@H](O)[C@H](O)[C@H]2O)[C@@H](O)[C@H](O)[C@H]1O. The molecule has 0 aromatic heterocycles. The summed E-state index contributed by atoms with van der Waals surface area (Å²) in [4.78, 5) is 0. The normalized spacial score (nSPS) is 42.3. The molecule has 2 fully saturated rings. The van der Waals surface area contributed by atoms with Crippen LogP contribution in [0.5, 0.6) is 0 Å². The van der Waals surface area contributed by atoms with Crippen molar-refractivity contribution in [3.63, 3.8) is 0 Å². The third-order valence-corrected chi connectivity index (χ3v) is 5.83. The second-order valence-corrected chi connectivity index (χ2v) is 8.18. The van der Waals surface area contributed by atoms with E-state index in [9.17, 15) is 30.6 Å². The van der Waals surface area contributed by atoms with Crippen LogP contribution in [-0.4, -0.2) is 105 Å². The standard InChI is InChI=1S/C21H38O10/c1-4-7-8-9-11(5-2)29-21-19(27)17(25)15(23)13(31-21)10-28-20-18(26)16(24)14(22)12(6-3)30-20/h5,11-27H,2,4,6-10H2,1,3H3/t11?,12-,13-,14-,15-,16+,17+,18-,19-,20-,21-/m1/s1. The molecule has 0 radical (unpaired) electrons. The zero-order valence-corrected chi connectivity index (χ0v) is 18.2. The van der Waals surface area contributed by atoms with Gasteiger partial charge in [0.2, 0.25) is 0 Å². The Labute approximate surface area is 183 Å². The summed E-state index contributed by atoms with van der Waals surface area (Å²) in [6.07, 6.45) is -7.82. The van der Waals surface area contributed by atoms with Gasteiger partial charge in [0.15, 0.2) is 12.6 Å². The van der Waals surface area contributed by atoms with Crippen molar-refractivity contribution in [2.24, 2.45) is 0 Å². The molecule has 0 aromatic carbocycles. The number of aliphatic hydroxyl groups is 6. The number of hydrogen-bond acceptors (Lipinski definition) is 10. The highest BCUT2D eigenvalue weighted by atomic mass is 16.7. The van der Waals surface area contributed by atoms with E-state index in [0.29, 0.717) is 12.8 Å². The summed E-state index contributed by atoms with van der Waals surface area (Å²) >= 11 is 0. The quantitative estimate of drug-likeness (QED) is 0.173. The Kier molecular flexibility index (Phi) is 10.8. The lowest BCUT2D eigenvalue weighted by Gasteiger charge is -2.43. The molecule has 1 unspecified atom stereocenters. The molecule has 6 N–H and O–H groups in total. The van der Waals surface area contributed by atoms with Crippen LogP contribution in [0.3, 0.4) is 0 Å². The highest BCUT2D eigenvalue weighted by Gasteiger charge is 2.47. The van der Waals surface area contributed by atoms with Crippen LogP contribution in [-0.2, 0) is 18.9 Å². The predicted octanol–water partition coefficient (Wildman–Crippen LogP) is -0.820. The smallest absolute Gasteiger partial charge is 0.187 e. The van der Waals surface area contributed by atoms with Crippen molar-refractivity contribution in [2.75, 3.05) is 6.61 Å². The van der Waals surface area contributed by atoms with Crippen molar-refractivity contribution in [1.29, 1.82) is 0 Å². The maximum atomic E-state index is 10.3. The largest absolute Gasteiger partial charge is 0.388 e. The molecule has 2 aliphatic rings. The van der Waals surface area contributed by atoms with Crippen LogP contribution in [0.25, 0.3) is 0 Å². The van der Waals surface area contributed by atoms with E-state index < -0.39 is 67.5 Å². The summed E-state index contributed by atoms with van der Waals surface area (Å²) in [6.45, 7) is 7.24. The first-order valence-corrected chi connectivity index (χ1v) is 11.0. The second kappa shape index (κ2) is 12.5. The first kappa shape index (κ1) is 26.6. The lowest BCUT2D eigenvalue weighted by atomic mass is 9.97. The number of unbranched alkanes of at least 4 members (excludes halogenated alkanes) is 2. The molecule has 2 saturated heterocycles. The second-order valence-electron chi connectivity index (χ2n) is 8.18. The van der Waals surface area contributed by atoms with Gasteiger partial charge in [0.1, 0.15) is 42.7 Å². The first-order chi connectivity index (χ1) is 14.7. The van der Waals surface area contributed by atoms with Crippen LogP contribution >= 0.6 is 0 Å². The Morgan fingerprint density at radius 3 is 1.97 bits per heavy atom. The van der Waals surface area contributed by atoms with Gasteiger partial charge >= 0.3 is 0 Å². The van der Waals surface area contributed by atoms with Gasteiger partial charge in [-0.2, -0.15) is 0 Å². The lowest BCUT2D eigenvalue weighted by Crippen LogP contribution is -2.61. The van der Waals surface area contributed by atoms with Gasteiger partial charge in [-0.1, -0.05) is 39.2 Å². The average molecular weight is 451 g/mol. The van der Waals surface area contributed by atoms with Gasteiger partial charge in [-0.05, 0) is 12.8 Å². The summed E-state index contributed by atoms with van der Waals surface area (Å²) in [5, 5.41) is 60.9. The fraction of sp³-hybridized carbons (Fsp3) is 0.905. The summed E-state index contributed by atoms with van der Waals surface area (Å²) in [6, 6.07) is 0. The average Bonchev–Trinajstić information content (AvgIpc) is 2.77. The van der Waals surface area contributed by atoms with Crippen molar-refractivity contribution >= 4 is 0 Å². The number of hydrogen-bond donors (Lipinski definition) is 6. The van der Waals surface area contributed by atoms with E-state index in [1.165, 1.54) is 0 Å². The van der Waals surface area contributed by atoms with Gasteiger partial charge in [0.05, 0.1) is 18.8 Å². The molecule has 0 aromatic rings. The predicted molar refractivity (Wildman–Crippen MR) is 109 cm³/mol. The molecule has 31 heavy (non-hydrogen) atoms. The Hall–Kier alpha value is -0.660. The number of aliphatic hydroxyl groups excluding tert-OH is 6. The fourth-order valence-corrected chi connectivity index (χ4v) is 3.76. The molecule has 182 valence electrons. The third kappa shape index (κ3) is 6.67. The van der Waals surface area contributed by atoms with Crippen LogP contribution in [0.15, 0.2) is 12.7 Å². The van der Waals surface area contributed by atoms with E-state index in [4.69, 9.17) is 18.9 Å². The minimum Gasteiger partial charge on any atom is -0.388 e. The van der Waals surface area contributed by atoms with Crippen LogP contribution in [0.2, 0.25) is 0 Å². The molecule has 11 atom stereocenters. The molecule has 0 amide bonds. The molecule has 0 spiro atoms. The summed E-state index contributed by atoms with van der Waals surface area (Å²) in [7, 11) is 0. The van der Waals surface area contributed by atoms with Crippen molar-refractivity contribution in [1.82, 2.24) is 0 Å². The monoisotopic (exact) mass is 450 g/mol. The summed E-state index contributed by atoms with van der Waals surface area (Å²) in [5.41, 5.74) is 0. The third-order valence-electron chi connectivity index (χ3n) is 5.83. The van der Waals surface area contributed by atoms with E-state index in [1.54, 1.807) is 13.0 Å². The topological polar surface area (TPSA) is 158 Å². The molecule has 10 heteroatoms. The van der Waals surface area contributed by atoms with E-state index in [2.05, 4.69) is 13.5 Å². The summed E-state index contributed by atoms with van der Waals surface area (Å²) in [5.74, 6) is 0. The molecule has 2 rings (SSSR count). The van der Waals surface area contributed by atoms with Crippen molar-refractivity contribution in [2.45, 2.75) is 113 Å². The zero-order valence-electron chi connectivity index (χ0n) is 18.2. The Balaban J connectivity index is 1.97. The first-order valence-electron chi connectivity index (χ1n) is 11.0.